The molecule has 0 aromatic heterocycles. The lowest BCUT2D eigenvalue weighted by molar-refractivity contribution is -0.128. The van der Waals surface area contributed by atoms with Gasteiger partial charge in [-0.15, -0.1) is 0 Å². The molecule has 0 saturated heterocycles. The van der Waals surface area contributed by atoms with Crippen molar-refractivity contribution in [3.63, 3.8) is 0 Å². The molecular formula is C7H6BrNO3. The van der Waals surface area contributed by atoms with Crippen LogP contribution in [0.1, 0.15) is 0 Å². The second-order valence-electron chi connectivity index (χ2n) is 2.38. The summed E-state index contributed by atoms with van der Waals surface area (Å²) in [6.45, 7) is 0. The lowest BCUT2D eigenvalue weighted by Crippen LogP contribution is -2.41. The molecule has 1 unspecified atom stereocenters. The zero-order valence-corrected chi connectivity index (χ0v) is 7.54. The predicted molar refractivity (Wildman–Crippen MR) is 45.3 cm³/mol. The van der Waals surface area contributed by atoms with Crippen molar-refractivity contribution in [2.24, 2.45) is 5.73 Å². The monoisotopic (exact) mass is 231 g/mol. The van der Waals surface area contributed by atoms with Gasteiger partial charge in [0, 0.05) is 0 Å². The Kier molecular flexibility index (Phi) is 2.16. The lowest BCUT2D eigenvalue weighted by atomic mass is 9.97. The number of hydrogen-bond acceptors (Lipinski definition) is 3. The van der Waals surface area contributed by atoms with E-state index in [1.807, 2.05) is 0 Å². The Morgan fingerprint density at radius 3 is 2.67 bits per heavy atom. The van der Waals surface area contributed by atoms with Crippen LogP contribution < -0.4 is 5.73 Å². The number of nitrogens with two attached hydrogens (primary N) is 1. The summed E-state index contributed by atoms with van der Waals surface area (Å²) in [6, 6.07) is 0. The molecule has 0 aromatic carbocycles. The van der Waals surface area contributed by atoms with Gasteiger partial charge in [-0.25, -0.2) is 0 Å². The third kappa shape index (κ3) is 1.46. The highest BCUT2D eigenvalue weighted by Crippen LogP contribution is 2.21. The largest absolute Gasteiger partial charge is 0.373 e. The van der Waals surface area contributed by atoms with Crippen LogP contribution in [0, 0.1) is 0 Å². The van der Waals surface area contributed by atoms with E-state index < -0.39 is 11.5 Å². The first-order valence-corrected chi connectivity index (χ1v) is 3.89. The summed E-state index contributed by atoms with van der Waals surface area (Å²) in [6.07, 6.45) is 3.22. The maximum atomic E-state index is 10.8. The highest BCUT2D eigenvalue weighted by molar-refractivity contribution is 9.12. The Balaban J connectivity index is 3.07. The molecule has 0 spiro atoms. The second kappa shape index (κ2) is 2.84. The minimum Gasteiger partial charge on any atom is -0.373 e. The molecule has 1 aliphatic rings. The Labute approximate surface area is 76.9 Å². The molecule has 12 heavy (non-hydrogen) atoms. The van der Waals surface area contributed by atoms with Gasteiger partial charge in [0.2, 0.25) is 0 Å². The van der Waals surface area contributed by atoms with E-state index in [2.05, 4.69) is 15.9 Å². The van der Waals surface area contributed by atoms with Gasteiger partial charge in [0.25, 0.3) is 5.91 Å². The van der Waals surface area contributed by atoms with Crippen molar-refractivity contribution < 1.29 is 14.7 Å². The van der Waals surface area contributed by atoms with Gasteiger partial charge in [-0.2, -0.15) is 0 Å². The molecule has 0 radical (unpaired) electrons. The Morgan fingerprint density at radius 1 is 1.67 bits per heavy atom. The van der Waals surface area contributed by atoms with E-state index in [-0.39, 0.29) is 10.3 Å². The van der Waals surface area contributed by atoms with E-state index in [0.29, 0.717) is 0 Å². The normalized spacial score (nSPS) is 28.5. The standard InChI is InChI=1S/C7H6BrNO3/c8-4-3-7(12,6(9)11)2-1-5(4)10/h1-3,12H,(H2,9,11). The average molecular weight is 232 g/mol. The van der Waals surface area contributed by atoms with Crippen LogP contribution in [0.4, 0.5) is 0 Å². The fourth-order valence-electron chi connectivity index (χ4n) is 0.748. The number of amides is 1. The molecule has 1 atom stereocenters. The molecule has 1 amide bonds. The molecule has 64 valence electrons. The van der Waals surface area contributed by atoms with Crippen molar-refractivity contribution in [1.29, 1.82) is 0 Å². The van der Waals surface area contributed by atoms with E-state index in [9.17, 15) is 14.7 Å². The zero-order valence-electron chi connectivity index (χ0n) is 5.95. The molecule has 0 bridgehead atoms. The third-order valence-electron chi connectivity index (χ3n) is 1.47. The molecule has 0 saturated carbocycles. The molecule has 5 heteroatoms. The fourth-order valence-corrected chi connectivity index (χ4v) is 1.23. The van der Waals surface area contributed by atoms with Crippen molar-refractivity contribution >= 4 is 27.6 Å². The lowest BCUT2D eigenvalue weighted by Gasteiger charge is -2.18. The van der Waals surface area contributed by atoms with Gasteiger partial charge in [0.15, 0.2) is 11.4 Å². The molecule has 0 aromatic rings. The number of aliphatic hydroxyl groups is 1. The molecule has 1 aliphatic carbocycles. The summed E-state index contributed by atoms with van der Waals surface area (Å²) in [7, 11) is 0. The highest BCUT2D eigenvalue weighted by Gasteiger charge is 2.32. The number of ketones is 1. The molecule has 0 heterocycles. The molecule has 3 N–H and O–H groups in total. The van der Waals surface area contributed by atoms with Crippen LogP contribution >= 0.6 is 15.9 Å². The van der Waals surface area contributed by atoms with Crippen LogP contribution in [0.25, 0.3) is 0 Å². The number of rotatable bonds is 1. The van der Waals surface area contributed by atoms with Crippen LogP contribution in [-0.4, -0.2) is 22.4 Å². The van der Waals surface area contributed by atoms with Crippen molar-refractivity contribution in [2.75, 3.05) is 0 Å². The van der Waals surface area contributed by atoms with E-state index in [1.54, 1.807) is 0 Å². The highest BCUT2D eigenvalue weighted by atomic mass is 79.9. The zero-order chi connectivity index (χ0) is 9.35. The Bertz CT molecular complexity index is 308. The maximum absolute atomic E-state index is 10.8. The second-order valence-corrected chi connectivity index (χ2v) is 3.23. The van der Waals surface area contributed by atoms with Crippen LogP contribution in [-0.2, 0) is 9.59 Å². The Hall–Kier alpha value is -0.940. The summed E-state index contributed by atoms with van der Waals surface area (Å²) in [4.78, 5) is 21.5. The number of carbonyl (C=O) groups excluding carboxylic acids is 2. The van der Waals surface area contributed by atoms with Gasteiger partial charge in [0.05, 0.1) is 4.48 Å². The molecule has 0 aliphatic heterocycles. The molecular weight excluding hydrogens is 226 g/mol. The molecule has 0 fully saturated rings. The van der Waals surface area contributed by atoms with Gasteiger partial charge >= 0.3 is 0 Å². The quantitative estimate of drug-likeness (QED) is 0.646. The first kappa shape index (κ1) is 9.15. The SMILES string of the molecule is NC(=O)C1(O)C=CC(=O)C(Br)=C1. The van der Waals surface area contributed by atoms with Crippen LogP contribution in [0.2, 0.25) is 0 Å². The summed E-state index contributed by atoms with van der Waals surface area (Å²) in [5, 5.41) is 9.42. The Morgan fingerprint density at radius 2 is 2.25 bits per heavy atom. The first-order chi connectivity index (χ1) is 5.46. The minimum absolute atomic E-state index is 0.131. The maximum Gasteiger partial charge on any atom is 0.257 e. The average Bonchev–Trinajstić information content (AvgIpc) is 1.97. The predicted octanol–water partition coefficient (Wildman–Crippen LogP) is -0.379. The first-order valence-electron chi connectivity index (χ1n) is 3.10. The summed E-state index contributed by atoms with van der Waals surface area (Å²) in [5.41, 5.74) is 3.05. The van der Waals surface area contributed by atoms with Gasteiger partial charge < -0.3 is 10.8 Å². The van der Waals surface area contributed by atoms with Gasteiger partial charge in [-0.1, -0.05) is 0 Å². The number of primary amides is 1. The summed E-state index contributed by atoms with van der Waals surface area (Å²) < 4.78 is 0.131. The number of carbonyl (C=O) groups is 2. The number of hydrogen-bond donors (Lipinski definition) is 2. The van der Waals surface area contributed by atoms with Crippen LogP contribution in [0.5, 0.6) is 0 Å². The molecule has 1 rings (SSSR count). The van der Waals surface area contributed by atoms with Crippen molar-refractivity contribution in [1.82, 2.24) is 0 Å². The molecule has 4 nitrogen and oxygen atoms in total. The van der Waals surface area contributed by atoms with Crippen molar-refractivity contribution in [3.8, 4) is 0 Å². The van der Waals surface area contributed by atoms with Crippen LogP contribution in [0.15, 0.2) is 22.7 Å². The third-order valence-corrected chi connectivity index (χ3v) is 2.09. The van der Waals surface area contributed by atoms with Crippen molar-refractivity contribution in [2.45, 2.75) is 5.60 Å². The van der Waals surface area contributed by atoms with Crippen LogP contribution in [0.3, 0.4) is 0 Å². The summed E-state index contributed by atoms with van der Waals surface area (Å²) in [5.74, 6) is -1.22. The van der Waals surface area contributed by atoms with Crippen molar-refractivity contribution in [3.05, 3.63) is 22.7 Å². The fraction of sp³-hybridized carbons (Fsp3) is 0.143. The van der Waals surface area contributed by atoms with E-state index in [0.717, 1.165) is 18.2 Å². The van der Waals surface area contributed by atoms with E-state index >= 15 is 0 Å². The topological polar surface area (TPSA) is 80.4 Å². The minimum atomic E-state index is -1.84. The number of allylic oxidation sites excluding steroid dienone is 2. The van der Waals surface area contributed by atoms with Gasteiger partial charge in [-0.3, -0.25) is 9.59 Å². The van der Waals surface area contributed by atoms with E-state index in [4.69, 9.17) is 5.73 Å². The number of halogens is 1. The smallest absolute Gasteiger partial charge is 0.257 e. The summed E-state index contributed by atoms with van der Waals surface area (Å²) >= 11 is 2.89. The van der Waals surface area contributed by atoms with Gasteiger partial charge in [-0.05, 0) is 34.2 Å². The van der Waals surface area contributed by atoms with Gasteiger partial charge in [0.1, 0.15) is 0 Å². The van der Waals surface area contributed by atoms with E-state index in [1.165, 1.54) is 0 Å².